The summed E-state index contributed by atoms with van der Waals surface area (Å²) in [4.78, 5) is 14.5. The summed E-state index contributed by atoms with van der Waals surface area (Å²) in [6.45, 7) is 9.50. The maximum absolute atomic E-state index is 10.9. The summed E-state index contributed by atoms with van der Waals surface area (Å²) >= 11 is 0. The van der Waals surface area contributed by atoms with Crippen molar-refractivity contribution in [3.8, 4) is 0 Å². The average molecular weight is 290 g/mol. The molecule has 1 aliphatic rings. The van der Waals surface area contributed by atoms with Crippen molar-refractivity contribution in [2.45, 2.75) is 45.8 Å². The molecule has 112 valence electrons. The fourth-order valence-electron chi connectivity index (χ4n) is 1.97. The normalized spacial score (nSPS) is 20.1. The van der Waals surface area contributed by atoms with E-state index in [0.717, 1.165) is 0 Å². The Morgan fingerprint density at radius 1 is 1.29 bits per heavy atom. The van der Waals surface area contributed by atoms with Crippen molar-refractivity contribution in [1.82, 2.24) is 4.98 Å². The lowest BCUT2D eigenvalue weighted by Gasteiger charge is -2.32. The number of rotatable bonds is 3. The molecule has 1 aromatic rings. The molecular weight excluding hydrogens is 271 g/mol. The molecule has 2 heterocycles. The number of nitro groups is 1. The third-order valence-electron chi connectivity index (χ3n) is 4.00. The van der Waals surface area contributed by atoms with E-state index in [-0.39, 0.29) is 5.69 Å². The third-order valence-corrected chi connectivity index (χ3v) is 4.00. The first-order chi connectivity index (χ1) is 9.62. The van der Waals surface area contributed by atoms with E-state index in [0.29, 0.717) is 11.3 Å². The Labute approximate surface area is 124 Å². The summed E-state index contributed by atoms with van der Waals surface area (Å²) in [5.74, 6) is 1.74. The minimum Gasteiger partial charge on any atom is -0.400 e. The molecule has 21 heavy (non-hydrogen) atoms. The van der Waals surface area contributed by atoms with Crippen LogP contribution in [0.2, 0.25) is 0 Å². The smallest absolute Gasteiger partial charge is 0.400 e. The van der Waals surface area contributed by atoms with Gasteiger partial charge in [-0.1, -0.05) is 12.1 Å². The highest BCUT2D eigenvalue weighted by Crippen LogP contribution is 2.37. The molecule has 0 amide bonds. The minimum atomic E-state index is -0.477. The van der Waals surface area contributed by atoms with E-state index in [1.165, 1.54) is 6.07 Å². The fourth-order valence-corrected chi connectivity index (χ4v) is 1.97. The van der Waals surface area contributed by atoms with E-state index < -0.39 is 23.2 Å². The zero-order valence-electron chi connectivity index (χ0n) is 12.9. The van der Waals surface area contributed by atoms with Crippen molar-refractivity contribution in [3.63, 3.8) is 0 Å². The zero-order chi connectivity index (χ0) is 15.8. The Bertz CT molecular complexity index is 583. The Morgan fingerprint density at radius 3 is 2.38 bits per heavy atom. The molecule has 2 rings (SSSR count). The van der Waals surface area contributed by atoms with Crippen molar-refractivity contribution in [1.29, 1.82) is 0 Å². The molecule has 1 aliphatic heterocycles. The summed E-state index contributed by atoms with van der Waals surface area (Å²) in [6.07, 6.45) is 3.31. The second kappa shape index (κ2) is 5.24. The van der Waals surface area contributed by atoms with E-state index in [2.05, 4.69) is 4.98 Å². The van der Waals surface area contributed by atoms with E-state index in [1.807, 2.05) is 27.7 Å². The summed E-state index contributed by atoms with van der Waals surface area (Å²) < 4.78 is 11.6. The Balaban J connectivity index is 2.16. The second-order valence-electron chi connectivity index (χ2n) is 6.11. The van der Waals surface area contributed by atoms with Gasteiger partial charge in [-0.05, 0) is 40.2 Å². The van der Waals surface area contributed by atoms with Crippen molar-refractivity contribution in [2.75, 3.05) is 0 Å². The van der Waals surface area contributed by atoms with Crippen molar-refractivity contribution in [2.24, 2.45) is 0 Å². The highest BCUT2D eigenvalue weighted by Gasteiger charge is 2.49. The molecule has 0 aliphatic carbocycles. The SMILES string of the molecule is Cc1ncc(/C=C/B2OC(C)(C)C(C)(C)O2)cc1[N+](=O)[O-]. The fraction of sp³-hybridized carbons (Fsp3) is 0.500. The van der Waals surface area contributed by atoms with Crippen LogP contribution in [0.1, 0.15) is 39.0 Å². The van der Waals surface area contributed by atoms with Crippen molar-refractivity contribution >= 4 is 18.9 Å². The molecule has 1 fully saturated rings. The molecule has 0 bridgehead atoms. The molecule has 0 atom stereocenters. The van der Waals surface area contributed by atoms with Gasteiger partial charge < -0.3 is 9.31 Å². The first kappa shape index (κ1) is 15.7. The number of pyridine rings is 1. The molecule has 0 radical (unpaired) electrons. The topological polar surface area (TPSA) is 74.5 Å². The quantitative estimate of drug-likeness (QED) is 0.486. The lowest BCUT2D eigenvalue weighted by molar-refractivity contribution is -0.385. The van der Waals surface area contributed by atoms with E-state index in [9.17, 15) is 10.1 Å². The highest BCUT2D eigenvalue weighted by atomic mass is 16.7. The molecule has 0 spiro atoms. The van der Waals surface area contributed by atoms with Crippen LogP contribution < -0.4 is 0 Å². The van der Waals surface area contributed by atoms with Gasteiger partial charge >= 0.3 is 7.12 Å². The standard InChI is InChI=1S/C14H19BN2O4/c1-10-12(17(18)19)8-11(9-16-10)6-7-15-20-13(2,3)14(4,5)21-15/h6-9H,1-5H3/b7-6+. The van der Waals surface area contributed by atoms with Gasteiger partial charge in [0.15, 0.2) is 0 Å². The van der Waals surface area contributed by atoms with Gasteiger partial charge in [0.25, 0.3) is 5.69 Å². The Hall–Kier alpha value is -1.73. The van der Waals surface area contributed by atoms with Gasteiger partial charge in [-0.25, -0.2) is 0 Å². The maximum atomic E-state index is 10.9. The average Bonchev–Trinajstić information content (AvgIpc) is 2.56. The number of nitrogens with zero attached hydrogens (tertiary/aromatic N) is 2. The van der Waals surface area contributed by atoms with Gasteiger partial charge in [-0.15, -0.1) is 0 Å². The van der Waals surface area contributed by atoms with Gasteiger partial charge in [0.2, 0.25) is 0 Å². The van der Waals surface area contributed by atoms with E-state index in [4.69, 9.17) is 9.31 Å². The second-order valence-corrected chi connectivity index (χ2v) is 6.11. The monoisotopic (exact) mass is 290 g/mol. The lowest BCUT2D eigenvalue weighted by Crippen LogP contribution is -2.41. The number of aromatic nitrogens is 1. The molecule has 0 unspecified atom stereocenters. The van der Waals surface area contributed by atoms with Crippen molar-refractivity contribution in [3.05, 3.63) is 39.6 Å². The van der Waals surface area contributed by atoms with Crippen LogP contribution in [0.15, 0.2) is 18.2 Å². The van der Waals surface area contributed by atoms with E-state index >= 15 is 0 Å². The lowest BCUT2D eigenvalue weighted by atomic mass is 9.89. The highest BCUT2D eigenvalue weighted by molar-refractivity contribution is 6.52. The van der Waals surface area contributed by atoms with Crippen LogP contribution >= 0.6 is 0 Å². The Kier molecular flexibility index (Phi) is 3.90. The van der Waals surface area contributed by atoms with Crippen LogP contribution in [0.4, 0.5) is 5.69 Å². The third kappa shape index (κ3) is 3.14. The molecule has 1 aromatic heterocycles. The van der Waals surface area contributed by atoms with Gasteiger partial charge in [0, 0.05) is 12.3 Å². The molecular formula is C14H19BN2O4. The summed E-state index contributed by atoms with van der Waals surface area (Å²) in [5, 5.41) is 10.9. The van der Waals surface area contributed by atoms with E-state index in [1.54, 1.807) is 25.2 Å². The number of hydrogen-bond acceptors (Lipinski definition) is 5. The molecule has 1 saturated heterocycles. The Morgan fingerprint density at radius 2 is 1.86 bits per heavy atom. The number of aryl methyl sites for hydroxylation is 1. The van der Waals surface area contributed by atoms with Crippen LogP contribution in [0.5, 0.6) is 0 Å². The van der Waals surface area contributed by atoms with Crippen molar-refractivity contribution < 1.29 is 14.2 Å². The molecule has 7 heteroatoms. The zero-order valence-corrected chi connectivity index (χ0v) is 12.9. The van der Waals surface area contributed by atoms with Crippen LogP contribution in [0.3, 0.4) is 0 Å². The van der Waals surface area contributed by atoms with Gasteiger partial charge in [-0.2, -0.15) is 0 Å². The van der Waals surface area contributed by atoms with Crippen LogP contribution in [-0.2, 0) is 9.31 Å². The maximum Gasteiger partial charge on any atom is 0.487 e. The largest absolute Gasteiger partial charge is 0.487 e. The van der Waals surface area contributed by atoms with Gasteiger partial charge in [-0.3, -0.25) is 15.1 Å². The molecule has 0 aromatic carbocycles. The van der Waals surface area contributed by atoms with Crippen LogP contribution in [0, 0.1) is 17.0 Å². The molecule has 0 saturated carbocycles. The molecule has 0 N–H and O–H groups in total. The predicted octanol–water partition coefficient (Wildman–Crippen LogP) is 2.94. The first-order valence-electron chi connectivity index (χ1n) is 6.77. The minimum absolute atomic E-state index is 0.00562. The summed E-state index contributed by atoms with van der Waals surface area (Å²) in [5.41, 5.74) is 0.236. The summed E-state index contributed by atoms with van der Waals surface area (Å²) in [6, 6.07) is 1.49. The van der Waals surface area contributed by atoms with Crippen LogP contribution in [-0.4, -0.2) is 28.2 Å². The predicted molar refractivity (Wildman–Crippen MR) is 80.7 cm³/mol. The first-order valence-corrected chi connectivity index (χ1v) is 6.77. The van der Waals surface area contributed by atoms with Gasteiger partial charge in [0.1, 0.15) is 5.69 Å². The number of hydrogen-bond donors (Lipinski definition) is 0. The van der Waals surface area contributed by atoms with Crippen LogP contribution in [0.25, 0.3) is 6.08 Å². The molecule has 6 nitrogen and oxygen atoms in total. The summed E-state index contributed by atoms with van der Waals surface area (Å²) in [7, 11) is -0.477. The van der Waals surface area contributed by atoms with Gasteiger partial charge in [0.05, 0.1) is 16.1 Å².